The number of nitrogens with one attached hydrogen (secondary N) is 2. The lowest BCUT2D eigenvalue weighted by molar-refractivity contribution is -0.377. The van der Waals surface area contributed by atoms with Gasteiger partial charge in [0.1, 0.15) is 10.8 Å². The SMILES string of the molecule is [O-][N+]([O-])=C1C=CC(=c2ccc(=CNn3c(-c4ccc(Cl)cc4)n[nH]c3=S)o2)C=C1. The van der Waals surface area contributed by atoms with Gasteiger partial charge in [-0.15, -0.1) is 0 Å². The molecule has 0 saturated heterocycles. The van der Waals surface area contributed by atoms with Crippen molar-refractivity contribution in [1.29, 1.82) is 0 Å². The molecule has 1 aliphatic rings. The largest absolute Gasteiger partial charge is 0.612 e. The average molecular weight is 427 g/mol. The summed E-state index contributed by atoms with van der Waals surface area (Å²) in [6, 6.07) is 10.8. The Balaban J connectivity index is 1.63. The number of halogens is 1. The minimum absolute atomic E-state index is 0.0258. The Morgan fingerprint density at radius 2 is 1.83 bits per heavy atom. The maximum Gasteiger partial charge on any atom is 0.222 e. The summed E-state index contributed by atoms with van der Waals surface area (Å²) < 4.78 is 7.77. The zero-order chi connectivity index (χ0) is 20.4. The molecule has 0 saturated carbocycles. The molecule has 0 radical (unpaired) electrons. The first-order chi connectivity index (χ1) is 14.0. The van der Waals surface area contributed by atoms with Crippen LogP contribution in [0.2, 0.25) is 5.02 Å². The van der Waals surface area contributed by atoms with Crippen LogP contribution in [-0.2, 0) is 0 Å². The lowest BCUT2D eigenvalue weighted by atomic mass is 10.1. The van der Waals surface area contributed by atoms with Crippen LogP contribution in [0.4, 0.5) is 0 Å². The molecule has 0 bridgehead atoms. The summed E-state index contributed by atoms with van der Waals surface area (Å²) in [5.41, 5.74) is 5.77. The highest BCUT2D eigenvalue weighted by Crippen LogP contribution is 2.19. The second-order valence-corrected chi connectivity index (χ2v) is 6.80. The topological polar surface area (TPSA) is 108 Å². The first kappa shape index (κ1) is 18.8. The van der Waals surface area contributed by atoms with E-state index in [1.54, 1.807) is 47.3 Å². The van der Waals surface area contributed by atoms with Crippen molar-refractivity contribution in [1.82, 2.24) is 14.9 Å². The Kier molecular flexibility index (Phi) is 5.07. The van der Waals surface area contributed by atoms with Crippen LogP contribution in [-0.4, -0.2) is 25.5 Å². The average Bonchev–Trinajstić information content (AvgIpc) is 3.34. The number of hydrogen-bond donors (Lipinski definition) is 2. The Labute approximate surface area is 174 Å². The van der Waals surface area contributed by atoms with Crippen molar-refractivity contribution in [3.63, 3.8) is 0 Å². The zero-order valence-electron chi connectivity index (χ0n) is 14.7. The summed E-state index contributed by atoms with van der Waals surface area (Å²) in [5.74, 6) is 0.588. The van der Waals surface area contributed by atoms with E-state index < -0.39 is 4.90 Å². The summed E-state index contributed by atoms with van der Waals surface area (Å²) in [5, 5.41) is 29.1. The maximum absolute atomic E-state index is 10.8. The number of allylic oxidation sites excluding steroid dienone is 4. The minimum Gasteiger partial charge on any atom is -0.612 e. The Morgan fingerprint density at radius 1 is 1.10 bits per heavy atom. The van der Waals surface area contributed by atoms with Crippen LogP contribution in [0.15, 0.2) is 65.1 Å². The fraction of sp³-hybridized carbons (Fsp3) is 0. The first-order valence-electron chi connectivity index (χ1n) is 8.39. The molecule has 1 aromatic carbocycles. The highest BCUT2D eigenvalue weighted by atomic mass is 35.5. The second-order valence-electron chi connectivity index (χ2n) is 5.97. The van der Waals surface area contributed by atoms with Gasteiger partial charge < -0.3 is 14.8 Å². The van der Waals surface area contributed by atoms with Gasteiger partial charge in [-0.25, -0.2) is 9.77 Å². The third-order valence-electron chi connectivity index (χ3n) is 4.10. The molecule has 3 aromatic rings. The summed E-state index contributed by atoms with van der Waals surface area (Å²) in [6.07, 6.45) is 7.78. The molecule has 10 heteroatoms. The Hall–Kier alpha value is -3.56. The van der Waals surface area contributed by atoms with E-state index in [1.165, 1.54) is 12.2 Å². The van der Waals surface area contributed by atoms with Crippen LogP contribution in [0, 0.1) is 15.2 Å². The molecule has 0 atom stereocenters. The number of hydrogen-bond acceptors (Lipinski definition) is 6. The van der Waals surface area contributed by atoms with Crippen LogP contribution in [0.25, 0.3) is 23.2 Å². The van der Waals surface area contributed by atoms with E-state index in [0.717, 1.165) is 11.1 Å². The number of benzene rings is 1. The van der Waals surface area contributed by atoms with Crippen molar-refractivity contribution < 1.29 is 9.32 Å². The smallest absolute Gasteiger partial charge is 0.222 e. The molecule has 0 aliphatic heterocycles. The van der Waals surface area contributed by atoms with Gasteiger partial charge in [0.05, 0.1) is 6.20 Å². The molecular weight excluding hydrogens is 414 g/mol. The lowest BCUT2D eigenvalue weighted by Gasteiger charge is -2.07. The van der Waals surface area contributed by atoms with Crippen LogP contribution in [0.3, 0.4) is 0 Å². The van der Waals surface area contributed by atoms with Gasteiger partial charge >= 0.3 is 0 Å². The van der Waals surface area contributed by atoms with Crippen LogP contribution in [0.5, 0.6) is 0 Å². The highest BCUT2D eigenvalue weighted by Gasteiger charge is 2.08. The Morgan fingerprint density at radius 3 is 2.52 bits per heavy atom. The fourth-order valence-electron chi connectivity index (χ4n) is 2.67. The predicted octanol–water partition coefficient (Wildman–Crippen LogP) is 2.56. The quantitative estimate of drug-likeness (QED) is 0.378. The van der Waals surface area contributed by atoms with Gasteiger partial charge in [-0.3, -0.25) is 5.43 Å². The molecule has 2 heterocycles. The predicted molar refractivity (Wildman–Crippen MR) is 113 cm³/mol. The van der Waals surface area contributed by atoms with Crippen molar-refractivity contribution in [2.75, 3.05) is 5.43 Å². The van der Waals surface area contributed by atoms with Gasteiger partial charge in [0.25, 0.3) is 0 Å². The monoisotopic (exact) mass is 426 g/mol. The van der Waals surface area contributed by atoms with Crippen molar-refractivity contribution in [3.05, 3.63) is 91.7 Å². The number of furan rings is 1. The summed E-state index contributed by atoms with van der Waals surface area (Å²) in [4.78, 5) is -0.443. The normalized spacial score (nSPS) is 13.9. The van der Waals surface area contributed by atoms with E-state index in [1.807, 2.05) is 12.1 Å². The molecule has 146 valence electrons. The molecule has 2 N–H and O–H groups in total. The van der Waals surface area contributed by atoms with Gasteiger partial charge in [0.15, 0.2) is 5.82 Å². The minimum atomic E-state index is -0.443. The third-order valence-corrected chi connectivity index (χ3v) is 4.63. The van der Waals surface area contributed by atoms with E-state index in [4.69, 9.17) is 28.2 Å². The molecule has 1 aliphatic carbocycles. The molecular formula is C19H13ClN5O3S-. The van der Waals surface area contributed by atoms with Gasteiger partial charge in [0, 0.05) is 28.3 Å². The van der Waals surface area contributed by atoms with Gasteiger partial charge in [-0.05, 0) is 60.8 Å². The molecule has 0 fully saturated rings. The summed E-state index contributed by atoms with van der Waals surface area (Å²) in [6.45, 7) is 0. The van der Waals surface area contributed by atoms with Gasteiger partial charge in [0.2, 0.25) is 10.5 Å². The third kappa shape index (κ3) is 4.00. The number of rotatable bonds is 3. The number of aromatic nitrogens is 3. The highest BCUT2D eigenvalue weighted by molar-refractivity contribution is 7.71. The lowest BCUT2D eigenvalue weighted by Crippen LogP contribution is -2.14. The van der Waals surface area contributed by atoms with Crippen LogP contribution >= 0.6 is 23.8 Å². The first-order valence-corrected chi connectivity index (χ1v) is 9.18. The van der Waals surface area contributed by atoms with Gasteiger partial charge in [-0.1, -0.05) is 11.6 Å². The number of aromatic amines is 1. The number of nitrogens with zero attached hydrogens (tertiary/aromatic N) is 3. The molecule has 0 amide bonds. The van der Waals surface area contributed by atoms with E-state index >= 15 is 0 Å². The Bertz CT molecular complexity index is 1310. The van der Waals surface area contributed by atoms with Crippen molar-refractivity contribution in [3.8, 4) is 11.4 Å². The molecule has 2 aromatic heterocycles. The molecule has 0 unspecified atom stereocenters. The standard InChI is InChI=1S/C19H13ClN5O3S/c20-14-5-1-13(2-6-14)18-22-23-19(29)24(18)21-11-16-9-10-17(28-16)12-3-7-15(8-4-12)25(26)27/h1-11,21H,(H-,23,26,27,29)/q-1. The van der Waals surface area contributed by atoms with E-state index in [0.29, 0.717) is 26.4 Å². The summed E-state index contributed by atoms with van der Waals surface area (Å²) >= 11 is 11.2. The second kappa shape index (κ2) is 7.82. The molecule has 29 heavy (non-hydrogen) atoms. The van der Waals surface area contributed by atoms with Crippen molar-refractivity contribution >= 4 is 41.3 Å². The van der Waals surface area contributed by atoms with Crippen LogP contribution in [0.1, 0.15) is 0 Å². The molecule has 0 spiro atoms. The van der Waals surface area contributed by atoms with Crippen LogP contribution < -0.4 is 16.3 Å². The van der Waals surface area contributed by atoms with Crippen molar-refractivity contribution in [2.24, 2.45) is 0 Å². The van der Waals surface area contributed by atoms with E-state index in [9.17, 15) is 10.4 Å². The van der Waals surface area contributed by atoms with E-state index in [2.05, 4.69) is 15.6 Å². The van der Waals surface area contributed by atoms with Crippen molar-refractivity contribution in [2.45, 2.75) is 0 Å². The maximum atomic E-state index is 10.8. The van der Waals surface area contributed by atoms with Gasteiger partial charge in [-0.2, -0.15) is 10.0 Å². The summed E-state index contributed by atoms with van der Waals surface area (Å²) in [7, 11) is 0. The molecule has 4 rings (SSSR count). The number of H-pyrrole nitrogens is 1. The zero-order valence-corrected chi connectivity index (χ0v) is 16.3. The van der Waals surface area contributed by atoms with E-state index in [-0.39, 0.29) is 5.71 Å². The molecule has 8 nitrogen and oxygen atoms in total. The fourth-order valence-corrected chi connectivity index (χ4v) is 2.98.